The molecule has 1 aliphatic heterocycles. The Morgan fingerprint density at radius 2 is 2.32 bits per heavy atom. The highest BCUT2D eigenvalue weighted by Gasteiger charge is 2.28. The Morgan fingerprint density at radius 3 is 3.11 bits per heavy atom. The first-order valence-electron chi connectivity index (χ1n) is 6.53. The highest BCUT2D eigenvalue weighted by atomic mass is 16.5. The van der Waals surface area contributed by atoms with Crippen LogP contribution in [0.15, 0.2) is 22.6 Å². The number of hydrogen-bond donors (Lipinski definition) is 1. The molecule has 5 nitrogen and oxygen atoms in total. The Kier molecular flexibility index (Phi) is 3.16. The minimum atomic E-state index is -0.173. The van der Waals surface area contributed by atoms with Crippen LogP contribution < -0.4 is 4.90 Å². The summed E-state index contributed by atoms with van der Waals surface area (Å²) >= 11 is 0. The lowest BCUT2D eigenvalue weighted by Crippen LogP contribution is -2.49. The molecule has 1 N–H and O–H groups in total. The highest BCUT2D eigenvalue weighted by molar-refractivity contribution is 5.75. The standard InChI is InChI=1S/C14H18N2O3/c1-9-3-4-13-12(5-9)15-14(19-13)16-6-11(7-17)18-8-10(16)2/h3-5,10-11,17H,6-8H2,1-2H3. The molecule has 102 valence electrons. The summed E-state index contributed by atoms with van der Waals surface area (Å²) in [6, 6.07) is 6.76. The van der Waals surface area contributed by atoms with E-state index in [0.29, 0.717) is 19.2 Å². The summed E-state index contributed by atoms with van der Waals surface area (Å²) in [5, 5.41) is 9.22. The number of nitrogens with zero attached hydrogens (tertiary/aromatic N) is 2. The van der Waals surface area contributed by atoms with Crippen molar-refractivity contribution in [2.75, 3.05) is 24.7 Å². The second-order valence-electron chi connectivity index (χ2n) is 5.11. The number of aliphatic hydroxyl groups excluding tert-OH is 1. The number of aryl methyl sites for hydroxylation is 1. The van der Waals surface area contributed by atoms with Gasteiger partial charge in [-0.3, -0.25) is 0 Å². The van der Waals surface area contributed by atoms with E-state index < -0.39 is 0 Å². The third-order valence-corrected chi connectivity index (χ3v) is 3.49. The molecule has 2 atom stereocenters. The van der Waals surface area contributed by atoms with Crippen LogP contribution in [0.5, 0.6) is 0 Å². The number of hydrogen-bond acceptors (Lipinski definition) is 5. The fourth-order valence-electron chi connectivity index (χ4n) is 2.34. The fraction of sp³-hybridized carbons (Fsp3) is 0.500. The molecule has 2 aromatic rings. The van der Waals surface area contributed by atoms with Gasteiger partial charge in [-0.25, -0.2) is 0 Å². The number of oxazole rings is 1. The van der Waals surface area contributed by atoms with Crippen LogP contribution in [0.2, 0.25) is 0 Å². The van der Waals surface area contributed by atoms with E-state index in [1.54, 1.807) is 0 Å². The molecule has 1 aliphatic rings. The van der Waals surface area contributed by atoms with Crippen molar-refractivity contribution in [3.05, 3.63) is 23.8 Å². The number of benzene rings is 1. The first kappa shape index (κ1) is 12.4. The van der Waals surface area contributed by atoms with E-state index >= 15 is 0 Å². The minimum Gasteiger partial charge on any atom is -0.423 e. The van der Waals surface area contributed by atoms with E-state index in [9.17, 15) is 5.11 Å². The Labute approximate surface area is 111 Å². The van der Waals surface area contributed by atoms with Crippen molar-refractivity contribution in [3.8, 4) is 0 Å². The predicted octanol–water partition coefficient (Wildman–Crippen LogP) is 1.72. The van der Waals surface area contributed by atoms with Gasteiger partial charge in [0.15, 0.2) is 5.58 Å². The van der Waals surface area contributed by atoms with Gasteiger partial charge in [0.2, 0.25) is 0 Å². The Morgan fingerprint density at radius 1 is 1.47 bits per heavy atom. The van der Waals surface area contributed by atoms with Crippen LogP contribution in [0.3, 0.4) is 0 Å². The molecule has 0 radical (unpaired) electrons. The van der Waals surface area contributed by atoms with Gasteiger partial charge >= 0.3 is 0 Å². The zero-order chi connectivity index (χ0) is 13.4. The molecule has 0 bridgehead atoms. The van der Waals surface area contributed by atoms with Gasteiger partial charge in [0.1, 0.15) is 5.52 Å². The van der Waals surface area contributed by atoms with E-state index in [2.05, 4.69) is 16.8 Å². The maximum Gasteiger partial charge on any atom is 0.298 e. The van der Waals surface area contributed by atoms with E-state index in [-0.39, 0.29) is 18.8 Å². The van der Waals surface area contributed by atoms with Gasteiger partial charge in [0.05, 0.1) is 31.9 Å². The average molecular weight is 262 g/mol. The summed E-state index contributed by atoms with van der Waals surface area (Å²) in [7, 11) is 0. The second-order valence-corrected chi connectivity index (χ2v) is 5.11. The Bertz CT molecular complexity index is 581. The molecule has 0 amide bonds. The molecular weight excluding hydrogens is 244 g/mol. The lowest BCUT2D eigenvalue weighted by atomic mass is 10.2. The van der Waals surface area contributed by atoms with Crippen molar-refractivity contribution in [1.29, 1.82) is 0 Å². The van der Waals surface area contributed by atoms with Gasteiger partial charge in [-0.15, -0.1) is 0 Å². The zero-order valence-corrected chi connectivity index (χ0v) is 11.2. The summed E-state index contributed by atoms with van der Waals surface area (Å²) in [5.74, 6) is 0. The van der Waals surface area contributed by atoms with Crippen LogP contribution in [0.4, 0.5) is 6.01 Å². The van der Waals surface area contributed by atoms with Gasteiger partial charge in [0.25, 0.3) is 6.01 Å². The van der Waals surface area contributed by atoms with Gasteiger partial charge in [-0.2, -0.15) is 4.98 Å². The number of fused-ring (bicyclic) bond motifs is 1. The molecule has 2 heterocycles. The average Bonchev–Trinajstić information content (AvgIpc) is 2.82. The molecule has 3 rings (SSSR count). The van der Waals surface area contributed by atoms with E-state index in [0.717, 1.165) is 16.7 Å². The third-order valence-electron chi connectivity index (χ3n) is 3.49. The molecular formula is C14H18N2O3. The topological polar surface area (TPSA) is 58.7 Å². The molecule has 1 aromatic heterocycles. The normalized spacial score (nSPS) is 24.1. The molecule has 1 aromatic carbocycles. The lowest BCUT2D eigenvalue weighted by molar-refractivity contribution is -0.0117. The number of morpholine rings is 1. The predicted molar refractivity (Wildman–Crippen MR) is 72.4 cm³/mol. The smallest absolute Gasteiger partial charge is 0.298 e. The molecule has 19 heavy (non-hydrogen) atoms. The van der Waals surface area contributed by atoms with Crippen molar-refractivity contribution < 1.29 is 14.3 Å². The summed E-state index contributed by atoms with van der Waals surface area (Å²) in [4.78, 5) is 6.59. The van der Waals surface area contributed by atoms with E-state index in [1.807, 2.05) is 25.1 Å². The summed E-state index contributed by atoms with van der Waals surface area (Å²) in [6.07, 6.45) is -0.173. The molecule has 0 saturated carbocycles. The fourth-order valence-corrected chi connectivity index (χ4v) is 2.34. The summed E-state index contributed by atoms with van der Waals surface area (Å²) < 4.78 is 11.3. The Hall–Kier alpha value is -1.59. The van der Waals surface area contributed by atoms with Crippen molar-refractivity contribution in [2.45, 2.75) is 26.0 Å². The number of rotatable bonds is 2. The van der Waals surface area contributed by atoms with Gasteiger partial charge < -0.3 is 19.2 Å². The third kappa shape index (κ3) is 2.31. The molecule has 1 fully saturated rings. The van der Waals surface area contributed by atoms with Crippen LogP contribution in [0.1, 0.15) is 12.5 Å². The largest absolute Gasteiger partial charge is 0.423 e. The number of anilines is 1. The SMILES string of the molecule is Cc1ccc2oc(N3CC(CO)OCC3C)nc2c1. The van der Waals surface area contributed by atoms with Gasteiger partial charge in [-0.05, 0) is 31.5 Å². The molecule has 2 unspecified atom stereocenters. The number of ether oxygens (including phenoxy) is 1. The molecule has 1 saturated heterocycles. The monoisotopic (exact) mass is 262 g/mol. The maximum absolute atomic E-state index is 9.22. The zero-order valence-electron chi connectivity index (χ0n) is 11.2. The molecule has 0 spiro atoms. The van der Waals surface area contributed by atoms with Crippen molar-refractivity contribution in [1.82, 2.24) is 4.98 Å². The van der Waals surface area contributed by atoms with Gasteiger partial charge in [-0.1, -0.05) is 6.07 Å². The lowest BCUT2D eigenvalue weighted by Gasteiger charge is -2.36. The molecule has 0 aliphatic carbocycles. The highest BCUT2D eigenvalue weighted by Crippen LogP contribution is 2.26. The van der Waals surface area contributed by atoms with Crippen LogP contribution in [0.25, 0.3) is 11.1 Å². The molecule has 5 heteroatoms. The minimum absolute atomic E-state index is 0.0164. The summed E-state index contributed by atoms with van der Waals surface area (Å²) in [5.41, 5.74) is 2.82. The van der Waals surface area contributed by atoms with Crippen molar-refractivity contribution in [2.24, 2.45) is 0 Å². The first-order valence-corrected chi connectivity index (χ1v) is 6.53. The first-order chi connectivity index (χ1) is 9.17. The Balaban J connectivity index is 1.93. The summed E-state index contributed by atoms with van der Waals surface area (Å²) in [6.45, 7) is 5.29. The van der Waals surface area contributed by atoms with Crippen LogP contribution >= 0.6 is 0 Å². The van der Waals surface area contributed by atoms with Crippen LogP contribution in [0, 0.1) is 6.92 Å². The van der Waals surface area contributed by atoms with E-state index in [4.69, 9.17) is 9.15 Å². The van der Waals surface area contributed by atoms with Crippen molar-refractivity contribution >= 4 is 17.1 Å². The van der Waals surface area contributed by atoms with Crippen LogP contribution in [-0.2, 0) is 4.74 Å². The number of aliphatic hydroxyl groups is 1. The number of aromatic nitrogens is 1. The van der Waals surface area contributed by atoms with Gasteiger partial charge in [0, 0.05) is 0 Å². The maximum atomic E-state index is 9.22. The quantitative estimate of drug-likeness (QED) is 0.893. The van der Waals surface area contributed by atoms with E-state index in [1.165, 1.54) is 0 Å². The van der Waals surface area contributed by atoms with Crippen molar-refractivity contribution in [3.63, 3.8) is 0 Å². The van der Waals surface area contributed by atoms with Crippen LogP contribution in [-0.4, -0.2) is 42.0 Å². The second kappa shape index (κ2) is 4.83.